The van der Waals surface area contributed by atoms with E-state index >= 15 is 0 Å². The van der Waals surface area contributed by atoms with E-state index < -0.39 is 5.97 Å². The Hall–Kier alpha value is -2.17. The minimum Gasteiger partial charge on any atom is -0.476 e. The molecule has 94 valence electrons. The highest BCUT2D eigenvalue weighted by Crippen LogP contribution is 2.13. The van der Waals surface area contributed by atoms with E-state index in [0.717, 1.165) is 24.1 Å². The topological polar surface area (TPSA) is 68.0 Å². The fourth-order valence-corrected chi connectivity index (χ4v) is 1.79. The third-order valence-electron chi connectivity index (χ3n) is 2.63. The number of hydrogen-bond acceptors (Lipinski definition) is 3. The second-order valence-electron chi connectivity index (χ2n) is 4.18. The number of aromatic carboxylic acids is 1. The van der Waals surface area contributed by atoms with Gasteiger partial charge in [0.1, 0.15) is 0 Å². The molecule has 0 atom stereocenters. The molecule has 0 saturated carbocycles. The van der Waals surface area contributed by atoms with Crippen LogP contribution in [0.5, 0.6) is 0 Å². The lowest BCUT2D eigenvalue weighted by atomic mass is 10.2. The van der Waals surface area contributed by atoms with Crippen molar-refractivity contribution < 1.29 is 9.90 Å². The molecule has 0 fully saturated rings. The van der Waals surface area contributed by atoms with Crippen LogP contribution < -0.4 is 0 Å². The average Bonchev–Trinajstić information content (AvgIpc) is 2.74. The smallest absolute Gasteiger partial charge is 0.356 e. The van der Waals surface area contributed by atoms with Crippen LogP contribution in [0.3, 0.4) is 0 Å². The van der Waals surface area contributed by atoms with Crippen molar-refractivity contribution in [2.24, 2.45) is 0 Å². The number of pyridine rings is 1. The first-order chi connectivity index (χ1) is 8.61. The first kappa shape index (κ1) is 12.3. The maximum Gasteiger partial charge on any atom is 0.356 e. The molecule has 0 amide bonds. The molecule has 0 aromatic carbocycles. The quantitative estimate of drug-likeness (QED) is 0.896. The van der Waals surface area contributed by atoms with Crippen LogP contribution in [0.1, 0.15) is 35.1 Å². The van der Waals surface area contributed by atoms with Crippen molar-refractivity contribution in [3.63, 3.8) is 0 Å². The van der Waals surface area contributed by atoms with Gasteiger partial charge in [-0.15, -0.1) is 0 Å². The number of carbonyl (C=O) groups is 1. The summed E-state index contributed by atoms with van der Waals surface area (Å²) >= 11 is 0. The number of aromatic nitrogens is 3. The van der Waals surface area contributed by atoms with E-state index in [9.17, 15) is 4.79 Å². The van der Waals surface area contributed by atoms with Crippen LogP contribution in [0.2, 0.25) is 0 Å². The molecule has 0 aliphatic heterocycles. The van der Waals surface area contributed by atoms with Crippen LogP contribution in [-0.2, 0) is 6.42 Å². The summed E-state index contributed by atoms with van der Waals surface area (Å²) in [6.45, 7) is 4.01. The van der Waals surface area contributed by atoms with E-state index in [4.69, 9.17) is 5.11 Å². The van der Waals surface area contributed by atoms with Crippen molar-refractivity contribution in [2.45, 2.75) is 26.7 Å². The minimum absolute atomic E-state index is 0.0572. The predicted octanol–water partition coefficient (Wildman–Crippen LogP) is 2.23. The number of carboxylic acid groups (broad SMARTS) is 1. The Morgan fingerprint density at radius 1 is 1.44 bits per heavy atom. The first-order valence-electron chi connectivity index (χ1n) is 5.87. The van der Waals surface area contributed by atoms with Crippen LogP contribution in [0.4, 0.5) is 0 Å². The second kappa shape index (κ2) is 5.00. The molecule has 18 heavy (non-hydrogen) atoms. The van der Waals surface area contributed by atoms with E-state index in [2.05, 4.69) is 10.1 Å². The molecule has 0 radical (unpaired) electrons. The molecular weight excluding hydrogens is 230 g/mol. The first-order valence-corrected chi connectivity index (χ1v) is 5.87. The highest BCUT2D eigenvalue weighted by Gasteiger charge is 2.14. The van der Waals surface area contributed by atoms with Crippen molar-refractivity contribution in [1.82, 2.24) is 14.8 Å². The van der Waals surface area contributed by atoms with Crippen LogP contribution in [0.15, 0.2) is 24.4 Å². The highest BCUT2D eigenvalue weighted by molar-refractivity contribution is 5.85. The van der Waals surface area contributed by atoms with Gasteiger partial charge in [-0.2, -0.15) is 5.10 Å². The molecule has 5 heteroatoms. The normalized spacial score (nSPS) is 10.6. The SMILES string of the molecule is CCCc1cc(C(=O)O)nn1-c1cc(C)ccn1. The summed E-state index contributed by atoms with van der Waals surface area (Å²) in [4.78, 5) is 15.2. The summed E-state index contributed by atoms with van der Waals surface area (Å²) in [5, 5.41) is 13.1. The maximum atomic E-state index is 11.0. The van der Waals surface area contributed by atoms with Gasteiger partial charge in [0.05, 0.1) is 0 Å². The van der Waals surface area contributed by atoms with Crippen molar-refractivity contribution in [1.29, 1.82) is 0 Å². The minimum atomic E-state index is -1.02. The molecule has 0 aliphatic carbocycles. The van der Waals surface area contributed by atoms with Crippen LogP contribution >= 0.6 is 0 Å². The number of rotatable bonds is 4. The predicted molar refractivity (Wildman–Crippen MR) is 67.1 cm³/mol. The lowest BCUT2D eigenvalue weighted by molar-refractivity contribution is 0.0690. The molecule has 2 aromatic rings. The summed E-state index contributed by atoms with van der Waals surface area (Å²) in [6.07, 6.45) is 3.40. The van der Waals surface area contributed by atoms with Gasteiger partial charge >= 0.3 is 5.97 Å². The summed E-state index contributed by atoms with van der Waals surface area (Å²) in [6, 6.07) is 5.39. The zero-order valence-corrected chi connectivity index (χ0v) is 10.4. The highest BCUT2D eigenvalue weighted by atomic mass is 16.4. The molecule has 1 N–H and O–H groups in total. The number of aryl methyl sites for hydroxylation is 2. The standard InChI is InChI=1S/C13H15N3O2/c1-3-4-10-8-11(13(17)18)15-16(10)12-7-9(2)5-6-14-12/h5-8H,3-4H2,1-2H3,(H,17,18). The van der Waals surface area contributed by atoms with Gasteiger partial charge in [0.2, 0.25) is 0 Å². The molecule has 0 spiro atoms. The van der Waals surface area contributed by atoms with Crippen molar-refractivity contribution in [3.8, 4) is 5.82 Å². The van der Waals surface area contributed by atoms with E-state index in [1.54, 1.807) is 16.9 Å². The Morgan fingerprint density at radius 2 is 2.22 bits per heavy atom. The maximum absolute atomic E-state index is 11.0. The summed E-state index contributed by atoms with van der Waals surface area (Å²) in [7, 11) is 0. The lowest BCUT2D eigenvalue weighted by Crippen LogP contribution is -2.05. The van der Waals surface area contributed by atoms with Gasteiger partial charge in [-0.1, -0.05) is 13.3 Å². The third-order valence-corrected chi connectivity index (χ3v) is 2.63. The monoisotopic (exact) mass is 245 g/mol. The Morgan fingerprint density at radius 3 is 2.83 bits per heavy atom. The molecule has 2 rings (SSSR count). The Balaban J connectivity index is 2.51. The lowest BCUT2D eigenvalue weighted by Gasteiger charge is -2.05. The van der Waals surface area contributed by atoms with Gasteiger partial charge < -0.3 is 5.11 Å². The Bertz CT molecular complexity index is 575. The fourth-order valence-electron chi connectivity index (χ4n) is 1.79. The van der Waals surface area contributed by atoms with Gasteiger partial charge in [-0.05, 0) is 37.1 Å². The Labute approximate surface area is 105 Å². The van der Waals surface area contributed by atoms with Crippen LogP contribution in [0, 0.1) is 6.92 Å². The van der Waals surface area contributed by atoms with Crippen molar-refractivity contribution in [2.75, 3.05) is 0 Å². The van der Waals surface area contributed by atoms with E-state index in [0.29, 0.717) is 5.82 Å². The van der Waals surface area contributed by atoms with Crippen LogP contribution in [0.25, 0.3) is 5.82 Å². The molecule has 5 nitrogen and oxygen atoms in total. The van der Waals surface area contributed by atoms with Gasteiger partial charge in [0.25, 0.3) is 0 Å². The zero-order valence-electron chi connectivity index (χ0n) is 10.4. The van der Waals surface area contributed by atoms with Crippen molar-refractivity contribution in [3.05, 3.63) is 41.3 Å². The number of carboxylic acids is 1. The van der Waals surface area contributed by atoms with E-state index in [-0.39, 0.29) is 5.69 Å². The Kier molecular flexibility index (Phi) is 3.41. The van der Waals surface area contributed by atoms with Gasteiger partial charge in [0, 0.05) is 11.9 Å². The van der Waals surface area contributed by atoms with Crippen LogP contribution in [-0.4, -0.2) is 25.8 Å². The zero-order chi connectivity index (χ0) is 13.1. The molecule has 0 aliphatic rings. The molecule has 0 unspecified atom stereocenters. The second-order valence-corrected chi connectivity index (χ2v) is 4.18. The molecule has 2 heterocycles. The van der Waals surface area contributed by atoms with Gasteiger partial charge in [0.15, 0.2) is 11.5 Å². The summed E-state index contributed by atoms with van der Waals surface area (Å²) in [5.41, 5.74) is 1.99. The van der Waals surface area contributed by atoms with Gasteiger partial charge in [-0.25, -0.2) is 14.5 Å². The largest absolute Gasteiger partial charge is 0.476 e. The molecule has 0 saturated heterocycles. The van der Waals surface area contributed by atoms with Gasteiger partial charge in [-0.3, -0.25) is 0 Å². The van der Waals surface area contributed by atoms with E-state index in [1.165, 1.54) is 0 Å². The number of nitrogens with zero attached hydrogens (tertiary/aromatic N) is 3. The van der Waals surface area contributed by atoms with Crippen molar-refractivity contribution >= 4 is 5.97 Å². The average molecular weight is 245 g/mol. The number of hydrogen-bond donors (Lipinski definition) is 1. The fraction of sp³-hybridized carbons (Fsp3) is 0.308. The molecular formula is C13H15N3O2. The molecule has 2 aromatic heterocycles. The molecule has 0 bridgehead atoms. The summed E-state index contributed by atoms with van der Waals surface area (Å²) < 4.78 is 1.61. The van der Waals surface area contributed by atoms with E-state index in [1.807, 2.05) is 26.0 Å². The summed E-state index contributed by atoms with van der Waals surface area (Å²) in [5.74, 6) is -0.357. The third kappa shape index (κ3) is 2.40.